The lowest BCUT2D eigenvalue weighted by Crippen LogP contribution is -2.06. The van der Waals surface area contributed by atoms with Crippen LogP contribution in [-0.4, -0.2) is 16.0 Å². The van der Waals surface area contributed by atoms with Gasteiger partial charge < -0.3 is 10.4 Å². The summed E-state index contributed by atoms with van der Waals surface area (Å²) in [4.78, 5) is 21.7. The molecular weight excluding hydrogens is 296 g/mol. The van der Waals surface area contributed by atoms with E-state index in [4.69, 9.17) is 11.6 Å². The summed E-state index contributed by atoms with van der Waals surface area (Å²) in [6, 6.07) is 8.90. The van der Waals surface area contributed by atoms with E-state index in [1.807, 2.05) is 0 Å². The van der Waals surface area contributed by atoms with E-state index in [1.54, 1.807) is 25.1 Å². The molecule has 0 saturated carbocycles. The van der Waals surface area contributed by atoms with E-state index in [0.29, 0.717) is 16.3 Å². The van der Waals surface area contributed by atoms with Gasteiger partial charge in [-0.3, -0.25) is 10.1 Å². The van der Waals surface area contributed by atoms with Crippen LogP contribution >= 0.6 is 11.6 Å². The Morgan fingerprint density at radius 3 is 2.57 bits per heavy atom. The molecule has 2 N–H and O–H groups in total. The maximum atomic E-state index is 11.2. The van der Waals surface area contributed by atoms with Crippen LogP contribution in [0.3, 0.4) is 0 Å². The first-order chi connectivity index (χ1) is 9.91. The largest absolute Gasteiger partial charge is 0.478 e. The van der Waals surface area contributed by atoms with Crippen LogP contribution in [0, 0.1) is 17.0 Å². The van der Waals surface area contributed by atoms with Crippen LogP contribution in [-0.2, 0) is 0 Å². The number of nitro groups is 1. The molecule has 108 valence electrons. The molecule has 21 heavy (non-hydrogen) atoms. The third kappa shape index (κ3) is 2.95. The van der Waals surface area contributed by atoms with E-state index < -0.39 is 10.9 Å². The van der Waals surface area contributed by atoms with Crippen molar-refractivity contribution in [2.45, 2.75) is 6.92 Å². The van der Waals surface area contributed by atoms with Gasteiger partial charge in [0.25, 0.3) is 5.69 Å². The van der Waals surface area contributed by atoms with E-state index in [2.05, 4.69) is 5.32 Å². The summed E-state index contributed by atoms with van der Waals surface area (Å²) in [5, 5.41) is 23.6. The maximum Gasteiger partial charge on any atom is 0.338 e. The predicted octanol–water partition coefficient (Wildman–Crippen LogP) is 4.00. The molecule has 0 spiro atoms. The summed E-state index contributed by atoms with van der Waals surface area (Å²) >= 11 is 5.99. The van der Waals surface area contributed by atoms with Crippen molar-refractivity contribution in [1.82, 2.24) is 0 Å². The second kappa shape index (κ2) is 5.80. The summed E-state index contributed by atoms with van der Waals surface area (Å²) in [7, 11) is 0. The molecule has 0 saturated heterocycles. The van der Waals surface area contributed by atoms with E-state index in [9.17, 15) is 20.0 Å². The Hall–Kier alpha value is -2.60. The molecule has 0 aliphatic rings. The van der Waals surface area contributed by atoms with Crippen LogP contribution in [0.15, 0.2) is 36.4 Å². The van der Waals surface area contributed by atoms with Crippen molar-refractivity contribution in [2.75, 3.05) is 5.32 Å². The summed E-state index contributed by atoms with van der Waals surface area (Å²) in [6.45, 7) is 1.74. The number of hydrogen-bond acceptors (Lipinski definition) is 4. The third-order valence-corrected chi connectivity index (χ3v) is 3.41. The molecule has 7 heteroatoms. The van der Waals surface area contributed by atoms with Gasteiger partial charge in [0.1, 0.15) is 5.69 Å². The highest BCUT2D eigenvalue weighted by molar-refractivity contribution is 6.31. The average Bonchev–Trinajstić information content (AvgIpc) is 2.43. The lowest BCUT2D eigenvalue weighted by atomic mass is 10.1. The van der Waals surface area contributed by atoms with Crippen LogP contribution in [0.1, 0.15) is 15.9 Å². The summed E-state index contributed by atoms with van der Waals surface area (Å²) in [5.41, 5.74) is 0.631. The molecular formula is C14H11ClN2O4. The SMILES string of the molecule is Cc1c(Cl)cccc1Nc1c(C(=O)O)cccc1[N+](=O)[O-]. The van der Waals surface area contributed by atoms with Gasteiger partial charge in [0.2, 0.25) is 0 Å². The first-order valence-corrected chi connectivity index (χ1v) is 6.32. The number of carboxylic acids is 1. The lowest BCUT2D eigenvalue weighted by molar-refractivity contribution is -0.383. The van der Waals surface area contributed by atoms with E-state index >= 15 is 0 Å². The fourth-order valence-corrected chi connectivity index (χ4v) is 2.05. The number of rotatable bonds is 4. The van der Waals surface area contributed by atoms with Crippen LogP contribution < -0.4 is 5.32 Å². The zero-order valence-corrected chi connectivity index (χ0v) is 11.7. The molecule has 0 bridgehead atoms. The minimum absolute atomic E-state index is 0.0691. The highest BCUT2D eigenvalue weighted by atomic mass is 35.5. The number of nitrogens with one attached hydrogen (secondary N) is 1. The monoisotopic (exact) mass is 306 g/mol. The minimum Gasteiger partial charge on any atom is -0.478 e. The number of carboxylic acid groups (broad SMARTS) is 1. The van der Waals surface area contributed by atoms with Crippen molar-refractivity contribution in [3.63, 3.8) is 0 Å². The van der Waals surface area contributed by atoms with Gasteiger partial charge in [0.15, 0.2) is 0 Å². The fourth-order valence-electron chi connectivity index (χ4n) is 1.88. The van der Waals surface area contributed by atoms with Gasteiger partial charge in [-0.05, 0) is 30.7 Å². The van der Waals surface area contributed by atoms with Crippen molar-refractivity contribution in [2.24, 2.45) is 0 Å². The molecule has 0 amide bonds. The summed E-state index contributed by atoms with van der Waals surface area (Å²) in [5.74, 6) is -1.25. The normalized spacial score (nSPS) is 10.2. The number of hydrogen-bond donors (Lipinski definition) is 2. The first-order valence-electron chi connectivity index (χ1n) is 5.94. The van der Waals surface area contributed by atoms with Crippen molar-refractivity contribution < 1.29 is 14.8 Å². The maximum absolute atomic E-state index is 11.2. The highest BCUT2D eigenvalue weighted by Gasteiger charge is 2.22. The molecule has 0 heterocycles. The molecule has 0 aliphatic heterocycles. The fraction of sp³-hybridized carbons (Fsp3) is 0.0714. The molecule has 6 nitrogen and oxygen atoms in total. The molecule has 2 aromatic rings. The topological polar surface area (TPSA) is 92.5 Å². The van der Waals surface area contributed by atoms with Gasteiger partial charge in [-0.2, -0.15) is 0 Å². The van der Waals surface area contributed by atoms with E-state index in [0.717, 1.165) is 0 Å². The van der Waals surface area contributed by atoms with Crippen molar-refractivity contribution >= 4 is 34.6 Å². The number of carbonyl (C=O) groups is 1. The number of anilines is 2. The van der Waals surface area contributed by atoms with Gasteiger partial charge in [-0.25, -0.2) is 4.79 Å². The molecule has 0 fully saturated rings. The number of halogens is 1. The Balaban J connectivity index is 2.59. The highest BCUT2D eigenvalue weighted by Crippen LogP contribution is 2.33. The summed E-state index contributed by atoms with van der Waals surface area (Å²) < 4.78 is 0. The van der Waals surface area contributed by atoms with Crippen LogP contribution in [0.2, 0.25) is 5.02 Å². The van der Waals surface area contributed by atoms with Gasteiger partial charge in [0, 0.05) is 16.8 Å². The van der Waals surface area contributed by atoms with E-state index in [-0.39, 0.29) is 16.9 Å². The minimum atomic E-state index is -1.25. The Morgan fingerprint density at radius 2 is 1.95 bits per heavy atom. The third-order valence-electron chi connectivity index (χ3n) is 3.00. The molecule has 0 unspecified atom stereocenters. The van der Waals surface area contributed by atoms with Gasteiger partial charge >= 0.3 is 5.97 Å². The van der Waals surface area contributed by atoms with Gasteiger partial charge in [-0.15, -0.1) is 0 Å². The average molecular weight is 307 g/mol. The zero-order valence-electron chi connectivity index (χ0n) is 11.0. The molecule has 2 aromatic carbocycles. The van der Waals surface area contributed by atoms with Crippen LogP contribution in [0.4, 0.5) is 17.1 Å². The standard InChI is InChI=1S/C14H11ClN2O4/c1-8-10(15)5-3-6-11(8)16-13-9(14(18)19)4-2-7-12(13)17(20)21/h2-7,16H,1H3,(H,18,19). The number of nitrogens with zero attached hydrogens (tertiary/aromatic N) is 1. The van der Waals surface area contributed by atoms with Crippen LogP contribution in [0.5, 0.6) is 0 Å². The Morgan fingerprint density at radius 1 is 1.29 bits per heavy atom. The second-order valence-electron chi connectivity index (χ2n) is 4.30. The van der Waals surface area contributed by atoms with E-state index in [1.165, 1.54) is 18.2 Å². The summed E-state index contributed by atoms with van der Waals surface area (Å²) in [6.07, 6.45) is 0. The first kappa shape index (κ1) is 14.8. The van der Waals surface area contributed by atoms with Crippen molar-refractivity contribution in [3.05, 3.63) is 62.7 Å². The zero-order chi connectivity index (χ0) is 15.6. The number of nitro benzene ring substituents is 1. The Kier molecular flexibility index (Phi) is 4.09. The number of aromatic carboxylic acids is 1. The Bertz CT molecular complexity index is 699. The molecule has 0 aliphatic carbocycles. The van der Waals surface area contributed by atoms with Gasteiger partial charge in [0.05, 0.1) is 10.5 Å². The number of benzene rings is 2. The van der Waals surface area contributed by atoms with Crippen molar-refractivity contribution in [1.29, 1.82) is 0 Å². The lowest BCUT2D eigenvalue weighted by Gasteiger charge is -2.13. The second-order valence-corrected chi connectivity index (χ2v) is 4.71. The molecule has 0 atom stereocenters. The quantitative estimate of drug-likeness (QED) is 0.658. The predicted molar refractivity (Wildman–Crippen MR) is 79.5 cm³/mol. The Labute approximate surface area is 125 Å². The molecule has 2 rings (SSSR count). The smallest absolute Gasteiger partial charge is 0.338 e. The number of para-hydroxylation sites is 1. The van der Waals surface area contributed by atoms with Crippen LogP contribution in [0.25, 0.3) is 0 Å². The van der Waals surface area contributed by atoms with Gasteiger partial charge in [-0.1, -0.05) is 23.7 Å². The van der Waals surface area contributed by atoms with Crippen molar-refractivity contribution in [3.8, 4) is 0 Å². The molecule has 0 aromatic heterocycles. The molecule has 0 radical (unpaired) electrons.